The number of nitrogens with one attached hydrogen (secondary N) is 1. The molecule has 0 aliphatic carbocycles. The number of hydrogen-bond acceptors (Lipinski definition) is 3. The van der Waals surface area contributed by atoms with Crippen LogP contribution in [-0.2, 0) is 14.5 Å². The largest absolute Gasteiger partial charge is 0.474 e. The molecule has 1 rings (SSSR count). The van der Waals surface area contributed by atoms with Crippen LogP contribution >= 0.6 is 0 Å². The molecule has 0 aromatic rings. The number of carbonyl (C=O) groups excluding carboxylic acids is 1. The minimum Gasteiger partial charge on any atom is -0.316 e. The van der Waals surface area contributed by atoms with E-state index in [9.17, 15) is 22.2 Å². The first kappa shape index (κ1) is 15.4. The number of halogens is 3. The molecule has 0 radical (unpaired) electrons. The molecule has 0 aromatic carbocycles. The lowest BCUT2D eigenvalue weighted by molar-refractivity contribution is -0.169. The molecule has 1 saturated heterocycles. The lowest BCUT2D eigenvalue weighted by Crippen LogP contribution is -2.34. The smallest absolute Gasteiger partial charge is 0.316 e. The van der Waals surface area contributed by atoms with E-state index < -0.39 is 21.8 Å². The Morgan fingerprint density at radius 3 is 2.61 bits per heavy atom. The van der Waals surface area contributed by atoms with Crippen molar-refractivity contribution in [2.45, 2.75) is 25.9 Å². The molecular weight excluding hydrogens is 269 g/mol. The van der Waals surface area contributed by atoms with Gasteiger partial charge in [0.2, 0.25) is 0 Å². The van der Waals surface area contributed by atoms with Crippen molar-refractivity contribution in [3.05, 3.63) is 0 Å². The van der Waals surface area contributed by atoms with Crippen LogP contribution < -0.4 is 5.32 Å². The molecule has 1 aliphatic heterocycles. The molecule has 1 fully saturated rings. The van der Waals surface area contributed by atoms with Crippen LogP contribution in [0.4, 0.5) is 13.2 Å². The van der Waals surface area contributed by atoms with Crippen LogP contribution in [0.1, 0.15) is 19.8 Å². The third kappa shape index (κ3) is 4.56. The summed E-state index contributed by atoms with van der Waals surface area (Å²) in [5.41, 5.74) is 0. The first-order chi connectivity index (χ1) is 8.27. The monoisotopic (exact) mass is 286 g/mol. The third-order valence-electron chi connectivity index (χ3n) is 2.84. The maximum Gasteiger partial charge on any atom is 0.474 e. The summed E-state index contributed by atoms with van der Waals surface area (Å²) in [5.74, 6) is -2.20. The predicted molar refractivity (Wildman–Crippen MR) is 62.6 cm³/mol. The van der Waals surface area contributed by atoms with Crippen molar-refractivity contribution in [3.8, 4) is 0 Å². The van der Waals surface area contributed by atoms with Crippen LogP contribution in [0.3, 0.4) is 0 Å². The molecule has 1 amide bonds. The van der Waals surface area contributed by atoms with Crippen molar-refractivity contribution in [3.63, 3.8) is 0 Å². The Labute approximate surface area is 105 Å². The van der Waals surface area contributed by atoms with E-state index in [1.807, 2.05) is 0 Å². The predicted octanol–water partition coefficient (Wildman–Crippen LogP) is 1.56. The second-order valence-electron chi connectivity index (χ2n) is 4.33. The van der Waals surface area contributed by atoms with Crippen molar-refractivity contribution in [1.29, 1.82) is 0 Å². The topological polar surface area (TPSA) is 58.5 Å². The summed E-state index contributed by atoms with van der Waals surface area (Å²) in [5, 5.41) is 3.09. The van der Waals surface area contributed by atoms with E-state index in [1.165, 1.54) is 6.92 Å². The second-order valence-corrected chi connectivity index (χ2v) is 6.97. The van der Waals surface area contributed by atoms with Crippen LogP contribution in [-0.4, -0.2) is 40.9 Å². The molecule has 0 bridgehead atoms. The normalized spacial score (nSPS) is 24.3. The van der Waals surface area contributed by atoms with Crippen LogP contribution in [0, 0.1) is 5.92 Å². The van der Waals surface area contributed by atoms with Crippen molar-refractivity contribution in [2.75, 3.05) is 24.6 Å². The van der Waals surface area contributed by atoms with Gasteiger partial charge in [0.25, 0.3) is 0 Å². The summed E-state index contributed by atoms with van der Waals surface area (Å²) >= 11 is 0. The van der Waals surface area contributed by atoms with Crippen molar-refractivity contribution >= 4 is 15.6 Å². The van der Waals surface area contributed by atoms with E-state index in [2.05, 4.69) is 9.68 Å². The maximum absolute atomic E-state index is 12.2. The van der Waals surface area contributed by atoms with E-state index >= 15 is 0 Å². The number of alkyl halides is 3. The maximum atomic E-state index is 12.2. The first-order valence-electron chi connectivity index (χ1n) is 5.81. The van der Waals surface area contributed by atoms with E-state index in [0.717, 1.165) is 19.4 Å². The van der Waals surface area contributed by atoms with Gasteiger partial charge in [0.05, 0.1) is 9.73 Å². The zero-order chi connectivity index (χ0) is 13.8. The first-order valence-corrected chi connectivity index (χ1v) is 7.66. The number of amides is 1. The summed E-state index contributed by atoms with van der Waals surface area (Å²) < 4.78 is 51.4. The number of rotatable bonds is 3. The molecule has 8 heteroatoms. The third-order valence-corrected chi connectivity index (χ3v) is 5.23. The number of piperidine rings is 1. The minimum atomic E-state index is -5.04. The van der Waals surface area contributed by atoms with Gasteiger partial charge in [-0.3, -0.25) is 4.79 Å². The lowest BCUT2D eigenvalue weighted by Gasteiger charge is -2.23. The van der Waals surface area contributed by atoms with Crippen LogP contribution in [0.5, 0.6) is 0 Å². The average molecular weight is 286 g/mol. The van der Waals surface area contributed by atoms with Gasteiger partial charge in [-0.05, 0) is 31.8 Å². The van der Waals surface area contributed by atoms with Crippen molar-refractivity contribution in [2.24, 2.45) is 10.3 Å². The Kier molecular flexibility index (Phi) is 5.15. The molecule has 2 atom stereocenters. The molecule has 1 N–H and O–H groups in total. The molecule has 4 nitrogen and oxygen atoms in total. The minimum absolute atomic E-state index is 0.0241. The number of carbonyl (C=O) groups is 1. The molecule has 0 aromatic heterocycles. The molecule has 1 unspecified atom stereocenters. The van der Waals surface area contributed by atoms with Gasteiger partial charge in [-0.1, -0.05) is 6.92 Å². The van der Waals surface area contributed by atoms with Crippen molar-refractivity contribution < 1.29 is 22.2 Å². The SMILES string of the molecule is CCS(=O)(C[C@H]1CCCNC1)=NC(=O)C(F)(F)F. The highest BCUT2D eigenvalue weighted by Crippen LogP contribution is 2.20. The zero-order valence-corrected chi connectivity index (χ0v) is 10.9. The Morgan fingerprint density at radius 1 is 1.50 bits per heavy atom. The molecule has 0 saturated carbocycles. The van der Waals surface area contributed by atoms with Gasteiger partial charge in [-0.25, -0.2) is 4.21 Å². The summed E-state index contributed by atoms with van der Waals surface area (Å²) in [6.07, 6.45) is -3.33. The highest BCUT2D eigenvalue weighted by Gasteiger charge is 2.39. The lowest BCUT2D eigenvalue weighted by atomic mass is 10.0. The quantitative estimate of drug-likeness (QED) is 0.856. The Hall–Kier alpha value is -0.630. The molecule has 0 spiro atoms. The van der Waals surface area contributed by atoms with Gasteiger partial charge in [0, 0.05) is 11.5 Å². The molecule has 1 aliphatic rings. The molecule has 106 valence electrons. The van der Waals surface area contributed by atoms with Crippen molar-refractivity contribution in [1.82, 2.24) is 5.32 Å². The fourth-order valence-corrected chi connectivity index (χ4v) is 3.72. The van der Waals surface area contributed by atoms with Crippen LogP contribution in [0.15, 0.2) is 4.36 Å². The highest BCUT2D eigenvalue weighted by atomic mass is 32.2. The summed E-state index contributed by atoms with van der Waals surface area (Å²) in [7, 11) is -3.09. The zero-order valence-electron chi connectivity index (χ0n) is 10.1. The van der Waals surface area contributed by atoms with Gasteiger partial charge >= 0.3 is 12.1 Å². The second kappa shape index (κ2) is 6.01. The standard InChI is InChI=1S/C10H17F3N2O2S/c1-2-18(17,15-9(16)10(11,12)13)7-8-4-3-5-14-6-8/h8,14H,2-7H2,1H3/t8-,18?/m0/s1. The molecular formula is C10H17F3N2O2S. The van der Waals surface area contributed by atoms with Crippen LogP contribution in [0.2, 0.25) is 0 Å². The van der Waals surface area contributed by atoms with Gasteiger partial charge in [0.1, 0.15) is 0 Å². The molecule has 18 heavy (non-hydrogen) atoms. The average Bonchev–Trinajstić information content (AvgIpc) is 2.29. The fourth-order valence-electron chi connectivity index (χ4n) is 1.86. The Balaban J connectivity index is 2.81. The summed E-state index contributed by atoms with van der Waals surface area (Å²) in [6.45, 7) is 2.97. The van der Waals surface area contributed by atoms with E-state index in [1.54, 1.807) is 0 Å². The number of nitrogens with zero attached hydrogens (tertiary/aromatic N) is 1. The van der Waals surface area contributed by atoms with Gasteiger partial charge in [-0.15, -0.1) is 0 Å². The summed E-state index contributed by atoms with van der Waals surface area (Å²) in [4.78, 5) is 10.8. The Bertz CT molecular complexity index is 408. The van der Waals surface area contributed by atoms with E-state index in [0.29, 0.717) is 6.54 Å². The van der Waals surface area contributed by atoms with Gasteiger partial charge in [0.15, 0.2) is 0 Å². The molecule has 1 heterocycles. The van der Waals surface area contributed by atoms with E-state index in [-0.39, 0.29) is 17.4 Å². The Morgan fingerprint density at radius 2 is 2.17 bits per heavy atom. The fraction of sp³-hybridized carbons (Fsp3) is 0.900. The van der Waals surface area contributed by atoms with Gasteiger partial charge in [-0.2, -0.15) is 17.5 Å². The van der Waals surface area contributed by atoms with Gasteiger partial charge < -0.3 is 5.32 Å². The van der Waals surface area contributed by atoms with E-state index in [4.69, 9.17) is 0 Å². The van der Waals surface area contributed by atoms with Crippen LogP contribution in [0.25, 0.3) is 0 Å². The highest BCUT2D eigenvalue weighted by molar-refractivity contribution is 7.93. The summed E-state index contributed by atoms with van der Waals surface area (Å²) in [6, 6.07) is 0. The number of hydrogen-bond donors (Lipinski definition) is 1.